The van der Waals surface area contributed by atoms with Gasteiger partial charge in [0, 0.05) is 25.7 Å². The zero-order valence-corrected chi connectivity index (χ0v) is 61.3. The molecule has 0 saturated heterocycles. The van der Waals surface area contributed by atoms with Crippen LogP contribution in [-0.4, -0.2) is 96.7 Å². The molecular formula is C74H136O17P2. The van der Waals surface area contributed by atoms with Gasteiger partial charge in [-0.2, -0.15) is 0 Å². The first-order valence-corrected chi connectivity index (χ1v) is 40.1. The summed E-state index contributed by atoms with van der Waals surface area (Å²) in [5.74, 6) is -0.741. The summed E-state index contributed by atoms with van der Waals surface area (Å²) in [7, 11) is -9.93. The highest BCUT2D eigenvalue weighted by Crippen LogP contribution is 2.45. The van der Waals surface area contributed by atoms with Crippen LogP contribution in [0, 0.1) is 11.8 Å². The molecular weight excluding hydrogens is 1220 g/mol. The highest BCUT2D eigenvalue weighted by atomic mass is 31.2. The molecule has 0 aliphatic rings. The van der Waals surface area contributed by atoms with E-state index in [9.17, 15) is 43.2 Å². The maximum atomic E-state index is 13.0. The maximum Gasteiger partial charge on any atom is 0.472 e. The van der Waals surface area contributed by atoms with Crippen LogP contribution in [0.3, 0.4) is 0 Å². The molecule has 544 valence electrons. The van der Waals surface area contributed by atoms with E-state index in [1.807, 2.05) is 0 Å². The number of phosphoric acid groups is 2. The van der Waals surface area contributed by atoms with E-state index in [0.717, 1.165) is 128 Å². The van der Waals surface area contributed by atoms with Crippen LogP contribution in [0.5, 0.6) is 0 Å². The van der Waals surface area contributed by atoms with Gasteiger partial charge in [0.25, 0.3) is 0 Å². The third kappa shape index (κ3) is 67.4. The standard InChI is InChI=1S/C74H136O17P2/c1-7-9-11-13-15-17-19-21-23-25-29-34-38-46-52-58-73(78)90-69(62-84-71(76)56-50-44-37-33-31-27-28-32-36-42-48-54-66(3)4)64-88-92(80,81)86-60-68(75)61-87-93(82,83)89-65-70(63-85-72(77)57-51-45-41-40-43-49-55-67(5)6)91-74(79)59-53-47-39-35-30-26-24-22-20-18-16-14-12-10-8-2/h17-24,66-70,75H,7-16,25-65H2,1-6H3,(H,80,81)(H,82,83)/b19-17-,20-18-,23-21-,24-22-/t68-,69-,70-/m1/s1. The lowest BCUT2D eigenvalue weighted by Gasteiger charge is -2.21. The molecule has 0 aliphatic carbocycles. The molecule has 0 spiro atoms. The van der Waals surface area contributed by atoms with Crippen molar-refractivity contribution in [3.63, 3.8) is 0 Å². The number of hydrogen-bond donors (Lipinski definition) is 3. The second kappa shape index (κ2) is 65.0. The Morgan fingerprint density at radius 3 is 0.871 bits per heavy atom. The molecule has 0 aromatic carbocycles. The van der Waals surface area contributed by atoms with E-state index in [2.05, 4.69) is 90.2 Å². The Balaban J connectivity index is 5.32. The summed E-state index contributed by atoms with van der Waals surface area (Å²) in [4.78, 5) is 72.6. The number of phosphoric ester groups is 2. The lowest BCUT2D eigenvalue weighted by Crippen LogP contribution is -2.30. The quantitative estimate of drug-likeness (QED) is 0.0169. The van der Waals surface area contributed by atoms with Gasteiger partial charge in [-0.25, -0.2) is 9.13 Å². The average Bonchev–Trinajstić information content (AvgIpc) is 1.87. The molecule has 3 N–H and O–H groups in total. The number of rotatable bonds is 69. The first-order valence-electron chi connectivity index (χ1n) is 37.1. The Morgan fingerprint density at radius 2 is 0.581 bits per heavy atom. The van der Waals surface area contributed by atoms with Crippen molar-refractivity contribution in [2.45, 2.75) is 349 Å². The number of carbonyl (C=O) groups excluding carboxylic acids is 4. The number of esters is 4. The zero-order chi connectivity index (χ0) is 68.6. The van der Waals surface area contributed by atoms with Gasteiger partial charge in [-0.15, -0.1) is 0 Å². The lowest BCUT2D eigenvalue weighted by molar-refractivity contribution is -0.161. The minimum Gasteiger partial charge on any atom is -0.462 e. The largest absolute Gasteiger partial charge is 0.472 e. The second-order valence-corrected chi connectivity index (χ2v) is 29.2. The average molecular weight is 1360 g/mol. The molecule has 0 aromatic rings. The predicted octanol–water partition coefficient (Wildman–Crippen LogP) is 20.7. The molecule has 0 bridgehead atoms. The van der Waals surface area contributed by atoms with Gasteiger partial charge in [0.1, 0.15) is 19.3 Å². The molecule has 2 unspecified atom stereocenters. The van der Waals surface area contributed by atoms with Crippen LogP contribution < -0.4 is 0 Å². The van der Waals surface area contributed by atoms with E-state index in [-0.39, 0.29) is 25.7 Å². The SMILES string of the molecule is CCCCCC/C=C\C=C/CCCCCCCC(=O)O[C@H](COC(=O)CCCCCCCCCCCCCC(C)C)COP(=O)(O)OC[C@@H](O)COP(=O)(O)OC[C@@H](COC(=O)CCCCCCCCC(C)C)OC(=O)CCCCCCC/C=C\C=C/CCCCCC. The number of aliphatic hydroxyl groups is 1. The summed E-state index contributed by atoms with van der Waals surface area (Å²) in [5, 5.41) is 10.6. The number of unbranched alkanes of at least 4 members (excludes halogenated alkanes) is 33. The summed E-state index contributed by atoms with van der Waals surface area (Å²) in [6.45, 7) is 9.35. The number of aliphatic hydroxyl groups excluding tert-OH is 1. The molecule has 0 fully saturated rings. The van der Waals surface area contributed by atoms with Crippen LogP contribution in [0.2, 0.25) is 0 Å². The van der Waals surface area contributed by atoms with Gasteiger partial charge >= 0.3 is 39.5 Å². The second-order valence-electron chi connectivity index (χ2n) is 26.3. The summed E-state index contributed by atoms with van der Waals surface area (Å²) in [5.41, 5.74) is 0. The fourth-order valence-electron chi connectivity index (χ4n) is 10.2. The molecule has 0 aromatic heterocycles. The van der Waals surface area contributed by atoms with Gasteiger partial charge in [0.2, 0.25) is 0 Å². The van der Waals surface area contributed by atoms with Crippen LogP contribution in [-0.2, 0) is 65.4 Å². The number of hydrogen-bond acceptors (Lipinski definition) is 15. The Labute approximate surface area is 566 Å². The monoisotopic (exact) mass is 1360 g/mol. The van der Waals surface area contributed by atoms with Gasteiger partial charge in [0.15, 0.2) is 12.2 Å². The Morgan fingerprint density at radius 1 is 0.333 bits per heavy atom. The molecule has 19 heteroatoms. The Bertz CT molecular complexity index is 1990. The van der Waals surface area contributed by atoms with Crippen molar-refractivity contribution in [2.75, 3.05) is 39.6 Å². The molecule has 17 nitrogen and oxygen atoms in total. The van der Waals surface area contributed by atoms with Crippen LogP contribution in [0.15, 0.2) is 48.6 Å². The van der Waals surface area contributed by atoms with Crippen molar-refractivity contribution in [1.29, 1.82) is 0 Å². The highest BCUT2D eigenvalue weighted by Gasteiger charge is 2.30. The lowest BCUT2D eigenvalue weighted by atomic mass is 10.0. The van der Waals surface area contributed by atoms with Crippen molar-refractivity contribution in [2.24, 2.45) is 11.8 Å². The molecule has 5 atom stereocenters. The maximum absolute atomic E-state index is 13.0. The van der Waals surface area contributed by atoms with Crippen molar-refractivity contribution in [3.05, 3.63) is 48.6 Å². The molecule has 0 heterocycles. The predicted molar refractivity (Wildman–Crippen MR) is 376 cm³/mol. The van der Waals surface area contributed by atoms with Gasteiger partial charge in [-0.3, -0.25) is 37.3 Å². The number of allylic oxidation sites excluding steroid dienone is 8. The molecule has 0 saturated carbocycles. The fourth-order valence-corrected chi connectivity index (χ4v) is 11.8. The van der Waals surface area contributed by atoms with Gasteiger partial charge < -0.3 is 33.8 Å². The van der Waals surface area contributed by atoms with Crippen LogP contribution >= 0.6 is 15.6 Å². The fraction of sp³-hybridized carbons (Fsp3) is 0.838. The van der Waals surface area contributed by atoms with Crippen LogP contribution in [0.1, 0.15) is 330 Å². The van der Waals surface area contributed by atoms with Crippen LogP contribution in [0.25, 0.3) is 0 Å². The topological polar surface area (TPSA) is 237 Å². The molecule has 93 heavy (non-hydrogen) atoms. The Hall–Kier alpha value is -2.98. The highest BCUT2D eigenvalue weighted by molar-refractivity contribution is 7.47. The van der Waals surface area contributed by atoms with E-state index in [1.165, 1.54) is 116 Å². The molecule has 0 aliphatic heterocycles. The summed E-state index contributed by atoms with van der Waals surface area (Å²) in [6.07, 6.45) is 57.2. The smallest absolute Gasteiger partial charge is 0.462 e. The van der Waals surface area contributed by atoms with E-state index in [1.54, 1.807) is 0 Å². The Kier molecular flexibility index (Phi) is 62.9. The van der Waals surface area contributed by atoms with Gasteiger partial charge in [-0.05, 0) is 88.9 Å². The third-order valence-electron chi connectivity index (χ3n) is 16.0. The van der Waals surface area contributed by atoms with Crippen molar-refractivity contribution >= 4 is 39.5 Å². The molecule has 0 rings (SSSR count). The van der Waals surface area contributed by atoms with Crippen molar-refractivity contribution in [1.82, 2.24) is 0 Å². The van der Waals surface area contributed by atoms with Crippen molar-refractivity contribution in [3.8, 4) is 0 Å². The number of ether oxygens (including phenoxy) is 4. The van der Waals surface area contributed by atoms with E-state index in [4.69, 9.17) is 37.0 Å². The summed E-state index contributed by atoms with van der Waals surface area (Å²) < 4.78 is 68.3. The van der Waals surface area contributed by atoms with Crippen molar-refractivity contribution < 1.29 is 80.2 Å². The van der Waals surface area contributed by atoms with Gasteiger partial charge in [-0.1, -0.05) is 276 Å². The normalized spacial score (nSPS) is 14.4. The summed E-state index contributed by atoms with van der Waals surface area (Å²) in [6, 6.07) is 0. The molecule has 0 radical (unpaired) electrons. The van der Waals surface area contributed by atoms with Gasteiger partial charge in [0.05, 0.1) is 26.4 Å². The third-order valence-corrected chi connectivity index (χ3v) is 17.9. The minimum atomic E-state index is -4.97. The minimum absolute atomic E-state index is 0.0813. The van der Waals surface area contributed by atoms with Crippen LogP contribution in [0.4, 0.5) is 0 Å². The zero-order valence-electron chi connectivity index (χ0n) is 59.5. The van der Waals surface area contributed by atoms with E-state index < -0.39 is 97.5 Å². The number of carbonyl (C=O) groups is 4. The van der Waals surface area contributed by atoms with E-state index >= 15 is 0 Å². The first-order chi connectivity index (χ1) is 44.9. The van der Waals surface area contributed by atoms with E-state index in [0.29, 0.717) is 31.6 Å². The first kappa shape index (κ1) is 90.0. The molecule has 0 amide bonds. The summed E-state index contributed by atoms with van der Waals surface area (Å²) >= 11 is 0.